The molecule has 1 atom stereocenters. The van der Waals surface area contributed by atoms with E-state index in [-0.39, 0.29) is 18.7 Å². The molecule has 2 heterocycles. The number of aliphatic carboxylic acids is 1. The Kier molecular flexibility index (Phi) is 6.71. The Hall–Kier alpha value is -2.66. The number of amides is 1. The van der Waals surface area contributed by atoms with Crippen molar-refractivity contribution in [2.75, 3.05) is 19.6 Å². The Bertz CT molecular complexity index is 938. The monoisotopic (exact) mass is 420 g/mol. The zero-order valence-corrected chi connectivity index (χ0v) is 18.3. The highest BCUT2D eigenvalue weighted by Gasteiger charge is 2.22. The van der Waals surface area contributed by atoms with Crippen molar-refractivity contribution in [3.05, 3.63) is 59.2 Å². The molecule has 4 rings (SSSR count). The third-order valence-electron chi connectivity index (χ3n) is 6.79. The average molecular weight is 421 g/mol. The average Bonchev–Trinajstić information content (AvgIpc) is 3.20. The number of nitrogens with zero attached hydrogens (tertiary/aromatic N) is 2. The topological polar surface area (TPSA) is 60.9 Å². The van der Waals surface area contributed by atoms with Crippen LogP contribution in [0.1, 0.15) is 49.3 Å². The smallest absolute Gasteiger partial charge is 0.303 e. The van der Waals surface area contributed by atoms with Crippen LogP contribution in [0, 0.1) is 0 Å². The lowest BCUT2D eigenvalue weighted by atomic mass is 9.94. The lowest BCUT2D eigenvalue weighted by Crippen LogP contribution is -2.36. The van der Waals surface area contributed by atoms with Crippen molar-refractivity contribution < 1.29 is 14.7 Å². The number of likely N-dealkylation sites (tertiary alicyclic amines) is 1. The van der Waals surface area contributed by atoms with E-state index in [1.54, 1.807) is 4.90 Å². The highest BCUT2D eigenvalue weighted by Crippen LogP contribution is 2.27. The van der Waals surface area contributed by atoms with Gasteiger partial charge in [-0.25, -0.2) is 0 Å². The molecule has 2 aliphatic heterocycles. The molecule has 0 radical (unpaired) electrons. The molecule has 5 nitrogen and oxygen atoms in total. The number of rotatable bonds is 7. The van der Waals surface area contributed by atoms with Crippen LogP contribution in [0.2, 0.25) is 0 Å². The molecule has 1 saturated heterocycles. The fourth-order valence-corrected chi connectivity index (χ4v) is 4.78. The van der Waals surface area contributed by atoms with Gasteiger partial charge < -0.3 is 14.9 Å². The van der Waals surface area contributed by atoms with Crippen LogP contribution in [0.15, 0.2) is 42.5 Å². The fraction of sp³-hybridized carbons (Fsp3) is 0.462. The number of benzene rings is 2. The number of fused-ring (bicyclic) bond motifs is 1. The standard InChI is InChI=1S/C26H32N2O3/c1-19-3-2-14-27(19)15-12-20-4-6-21(7-5-20)22-8-9-24-18-28(16-13-23(24)17-22)25(29)10-11-26(30)31/h4-9,17,19H,2-3,10-16,18H2,1H3,(H,30,31). The van der Waals surface area contributed by atoms with Crippen LogP contribution in [0.25, 0.3) is 11.1 Å². The summed E-state index contributed by atoms with van der Waals surface area (Å²) in [4.78, 5) is 27.3. The van der Waals surface area contributed by atoms with Crippen LogP contribution in [-0.4, -0.2) is 52.5 Å². The molecule has 0 aliphatic carbocycles. The molecule has 5 heteroatoms. The Morgan fingerprint density at radius 3 is 2.48 bits per heavy atom. The number of carbonyl (C=O) groups excluding carboxylic acids is 1. The zero-order valence-electron chi connectivity index (χ0n) is 18.3. The van der Waals surface area contributed by atoms with Gasteiger partial charge in [-0.1, -0.05) is 42.5 Å². The molecule has 1 unspecified atom stereocenters. The highest BCUT2D eigenvalue weighted by molar-refractivity contribution is 5.81. The lowest BCUT2D eigenvalue weighted by molar-refractivity contribution is -0.141. The van der Waals surface area contributed by atoms with Crippen molar-refractivity contribution in [3.63, 3.8) is 0 Å². The second kappa shape index (κ2) is 9.65. The van der Waals surface area contributed by atoms with Crippen LogP contribution in [-0.2, 0) is 29.0 Å². The third-order valence-corrected chi connectivity index (χ3v) is 6.79. The Balaban J connectivity index is 1.37. The number of carbonyl (C=O) groups is 2. The molecule has 1 fully saturated rings. The number of carboxylic acid groups (broad SMARTS) is 1. The molecule has 2 aromatic rings. The zero-order chi connectivity index (χ0) is 21.8. The van der Waals surface area contributed by atoms with Crippen LogP contribution in [0.5, 0.6) is 0 Å². The van der Waals surface area contributed by atoms with E-state index in [4.69, 9.17) is 5.11 Å². The maximum atomic E-state index is 12.2. The van der Waals surface area contributed by atoms with Gasteiger partial charge >= 0.3 is 5.97 Å². The lowest BCUT2D eigenvalue weighted by Gasteiger charge is -2.29. The minimum absolute atomic E-state index is 0.0731. The summed E-state index contributed by atoms with van der Waals surface area (Å²) in [5, 5.41) is 8.79. The maximum Gasteiger partial charge on any atom is 0.303 e. The minimum Gasteiger partial charge on any atom is -0.481 e. The van der Waals surface area contributed by atoms with Crippen LogP contribution in [0.4, 0.5) is 0 Å². The van der Waals surface area contributed by atoms with Crippen molar-refractivity contribution in [2.24, 2.45) is 0 Å². The van der Waals surface area contributed by atoms with Crippen molar-refractivity contribution in [1.82, 2.24) is 9.80 Å². The number of carboxylic acids is 1. The van der Waals surface area contributed by atoms with Gasteiger partial charge in [0.2, 0.25) is 5.91 Å². The van der Waals surface area contributed by atoms with Gasteiger partial charge in [0.15, 0.2) is 0 Å². The molecule has 0 aromatic heterocycles. The van der Waals surface area contributed by atoms with E-state index in [1.165, 1.54) is 41.6 Å². The van der Waals surface area contributed by atoms with E-state index < -0.39 is 5.97 Å². The predicted molar refractivity (Wildman–Crippen MR) is 122 cm³/mol. The first-order chi connectivity index (χ1) is 15.0. The van der Waals surface area contributed by atoms with Crippen molar-refractivity contribution in [3.8, 4) is 11.1 Å². The van der Waals surface area contributed by atoms with Gasteiger partial charge in [0.1, 0.15) is 0 Å². The SMILES string of the molecule is CC1CCCN1CCc1ccc(-c2ccc3c(c2)CCN(C(=O)CCC(=O)O)C3)cc1. The quantitative estimate of drug-likeness (QED) is 0.732. The van der Waals surface area contributed by atoms with Gasteiger partial charge in [0, 0.05) is 32.1 Å². The van der Waals surface area contributed by atoms with Gasteiger partial charge in [-0.3, -0.25) is 9.59 Å². The van der Waals surface area contributed by atoms with Gasteiger partial charge in [-0.15, -0.1) is 0 Å². The van der Waals surface area contributed by atoms with E-state index in [2.05, 4.69) is 54.3 Å². The first-order valence-electron chi connectivity index (χ1n) is 11.4. The molecule has 0 bridgehead atoms. The summed E-state index contributed by atoms with van der Waals surface area (Å²) in [6.07, 6.45) is 4.53. The summed E-state index contributed by atoms with van der Waals surface area (Å²) in [6, 6.07) is 16.1. The van der Waals surface area contributed by atoms with Crippen LogP contribution in [0.3, 0.4) is 0 Å². The summed E-state index contributed by atoms with van der Waals surface area (Å²) in [6.45, 7) is 5.93. The second-order valence-corrected chi connectivity index (χ2v) is 8.92. The molecule has 31 heavy (non-hydrogen) atoms. The largest absolute Gasteiger partial charge is 0.481 e. The highest BCUT2D eigenvalue weighted by atomic mass is 16.4. The van der Waals surface area contributed by atoms with Gasteiger partial charge in [0.25, 0.3) is 0 Å². The third kappa shape index (κ3) is 5.34. The van der Waals surface area contributed by atoms with Gasteiger partial charge in [-0.2, -0.15) is 0 Å². The van der Waals surface area contributed by atoms with E-state index >= 15 is 0 Å². The predicted octanol–water partition coefficient (Wildman–Crippen LogP) is 4.13. The molecule has 2 aliphatic rings. The van der Waals surface area contributed by atoms with Crippen LogP contribution >= 0.6 is 0 Å². The van der Waals surface area contributed by atoms with Crippen LogP contribution < -0.4 is 0 Å². The van der Waals surface area contributed by atoms with E-state index in [0.29, 0.717) is 13.1 Å². The molecule has 1 N–H and O–H groups in total. The Morgan fingerprint density at radius 2 is 1.77 bits per heavy atom. The molecule has 1 amide bonds. The fourth-order valence-electron chi connectivity index (χ4n) is 4.78. The van der Waals surface area contributed by atoms with E-state index in [1.807, 2.05) is 0 Å². The Labute approximate surface area is 184 Å². The summed E-state index contributed by atoms with van der Waals surface area (Å²) in [5.41, 5.74) is 6.27. The van der Waals surface area contributed by atoms with E-state index in [0.717, 1.165) is 31.0 Å². The second-order valence-electron chi connectivity index (χ2n) is 8.92. The minimum atomic E-state index is -0.924. The maximum absolute atomic E-state index is 12.2. The van der Waals surface area contributed by atoms with E-state index in [9.17, 15) is 9.59 Å². The summed E-state index contributed by atoms with van der Waals surface area (Å²) in [7, 11) is 0. The van der Waals surface area contributed by atoms with Gasteiger partial charge in [0.05, 0.1) is 6.42 Å². The van der Waals surface area contributed by atoms with Crippen molar-refractivity contribution in [2.45, 2.75) is 58.0 Å². The summed E-state index contributed by atoms with van der Waals surface area (Å²) in [5.74, 6) is -0.997. The molecule has 0 saturated carbocycles. The molecule has 0 spiro atoms. The molecular formula is C26H32N2O3. The first kappa shape index (κ1) is 21.6. The number of hydrogen-bond acceptors (Lipinski definition) is 3. The molecule has 2 aromatic carbocycles. The summed E-state index contributed by atoms with van der Waals surface area (Å²) >= 11 is 0. The molecule has 164 valence electrons. The van der Waals surface area contributed by atoms with Crippen molar-refractivity contribution >= 4 is 11.9 Å². The summed E-state index contributed by atoms with van der Waals surface area (Å²) < 4.78 is 0. The molecular weight excluding hydrogens is 388 g/mol. The normalized spacial score (nSPS) is 18.7. The number of hydrogen-bond donors (Lipinski definition) is 1. The Morgan fingerprint density at radius 1 is 1.00 bits per heavy atom. The van der Waals surface area contributed by atoms with Crippen molar-refractivity contribution in [1.29, 1.82) is 0 Å². The first-order valence-corrected chi connectivity index (χ1v) is 11.4. The van der Waals surface area contributed by atoms with Gasteiger partial charge in [-0.05, 0) is 67.0 Å².